The van der Waals surface area contributed by atoms with Gasteiger partial charge in [0.15, 0.2) is 0 Å². The van der Waals surface area contributed by atoms with Crippen LogP contribution in [0.4, 0.5) is 0 Å². The van der Waals surface area contributed by atoms with E-state index >= 15 is 0 Å². The number of amides is 1. The first-order chi connectivity index (χ1) is 8.36. The van der Waals surface area contributed by atoms with Crippen LogP contribution in [-0.4, -0.2) is 30.1 Å². The molecule has 7 heteroatoms. The van der Waals surface area contributed by atoms with E-state index in [9.17, 15) is 9.59 Å². The summed E-state index contributed by atoms with van der Waals surface area (Å²) in [5, 5.41) is 11.5. The maximum Gasteiger partial charge on any atom is 0.325 e. The molecule has 0 aromatic heterocycles. The first-order valence-corrected chi connectivity index (χ1v) is 6.39. The van der Waals surface area contributed by atoms with Crippen LogP contribution in [0.5, 0.6) is 5.75 Å². The zero-order valence-corrected chi connectivity index (χ0v) is 12.6. The number of hydrogen-bond donors (Lipinski definition) is 2. The SMILES string of the molecule is COc1cc(I)c(Cl)cc1C(=O)N[C@H](C)C(=O)O. The van der Waals surface area contributed by atoms with Crippen LogP contribution >= 0.6 is 34.2 Å². The molecule has 0 aliphatic rings. The van der Waals surface area contributed by atoms with Crippen molar-refractivity contribution in [3.05, 3.63) is 26.3 Å². The highest BCUT2D eigenvalue weighted by molar-refractivity contribution is 14.1. The van der Waals surface area contributed by atoms with Gasteiger partial charge in [0.2, 0.25) is 0 Å². The number of carbonyl (C=O) groups is 2. The average molecular weight is 384 g/mol. The number of aliphatic carboxylic acids is 1. The van der Waals surface area contributed by atoms with Gasteiger partial charge in [0.1, 0.15) is 11.8 Å². The van der Waals surface area contributed by atoms with Crippen molar-refractivity contribution < 1.29 is 19.4 Å². The molecule has 0 heterocycles. The van der Waals surface area contributed by atoms with E-state index in [1.54, 1.807) is 6.07 Å². The Morgan fingerprint density at radius 3 is 2.61 bits per heavy atom. The minimum atomic E-state index is -1.11. The second kappa shape index (κ2) is 6.24. The van der Waals surface area contributed by atoms with Crippen LogP contribution in [0.3, 0.4) is 0 Å². The topological polar surface area (TPSA) is 75.6 Å². The van der Waals surface area contributed by atoms with E-state index in [1.165, 1.54) is 20.1 Å². The van der Waals surface area contributed by atoms with Crippen molar-refractivity contribution in [2.24, 2.45) is 0 Å². The molecule has 18 heavy (non-hydrogen) atoms. The number of nitrogens with one attached hydrogen (secondary N) is 1. The Hall–Kier alpha value is -1.02. The largest absolute Gasteiger partial charge is 0.496 e. The summed E-state index contributed by atoms with van der Waals surface area (Å²) in [4.78, 5) is 22.6. The third kappa shape index (κ3) is 3.49. The molecule has 0 fully saturated rings. The lowest BCUT2D eigenvalue weighted by Crippen LogP contribution is -2.38. The van der Waals surface area contributed by atoms with E-state index in [1.807, 2.05) is 22.6 Å². The second-order valence-electron chi connectivity index (χ2n) is 3.50. The molecule has 1 atom stereocenters. The number of methoxy groups -OCH3 is 1. The van der Waals surface area contributed by atoms with Crippen LogP contribution in [0.2, 0.25) is 5.02 Å². The molecule has 0 saturated carbocycles. The lowest BCUT2D eigenvalue weighted by atomic mass is 10.1. The van der Waals surface area contributed by atoms with Crippen molar-refractivity contribution in [2.45, 2.75) is 13.0 Å². The minimum Gasteiger partial charge on any atom is -0.496 e. The van der Waals surface area contributed by atoms with Gasteiger partial charge in [0.25, 0.3) is 5.91 Å². The van der Waals surface area contributed by atoms with Crippen molar-refractivity contribution >= 4 is 46.1 Å². The zero-order valence-electron chi connectivity index (χ0n) is 9.66. The van der Waals surface area contributed by atoms with Gasteiger partial charge in [0.05, 0.1) is 17.7 Å². The Bertz CT molecular complexity index is 492. The van der Waals surface area contributed by atoms with Crippen LogP contribution in [0.1, 0.15) is 17.3 Å². The van der Waals surface area contributed by atoms with Gasteiger partial charge in [-0.1, -0.05) is 11.6 Å². The third-order valence-corrected chi connectivity index (χ3v) is 3.73. The predicted molar refractivity (Wildman–Crippen MR) is 75.3 cm³/mol. The molecule has 1 rings (SSSR count). The summed E-state index contributed by atoms with van der Waals surface area (Å²) in [5.41, 5.74) is 0.205. The zero-order chi connectivity index (χ0) is 13.9. The highest BCUT2D eigenvalue weighted by Gasteiger charge is 2.19. The average Bonchev–Trinajstić information content (AvgIpc) is 2.31. The summed E-state index contributed by atoms with van der Waals surface area (Å²) in [5.74, 6) is -1.31. The van der Waals surface area contributed by atoms with E-state index in [0.29, 0.717) is 10.8 Å². The van der Waals surface area contributed by atoms with E-state index in [0.717, 1.165) is 3.57 Å². The Balaban J connectivity index is 3.05. The Kier molecular flexibility index (Phi) is 5.21. The molecular formula is C11H11ClINO4. The summed E-state index contributed by atoms with van der Waals surface area (Å²) in [6, 6.07) is 2.08. The van der Waals surface area contributed by atoms with Gasteiger partial charge >= 0.3 is 5.97 Å². The van der Waals surface area contributed by atoms with E-state index in [4.69, 9.17) is 21.4 Å². The maximum absolute atomic E-state index is 11.9. The number of carboxylic acids is 1. The van der Waals surface area contributed by atoms with Gasteiger partial charge in [-0.25, -0.2) is 0 Å². The van der Waals surface area contributed by atoms with Crippen molar-refractivity contribution in [1.29, 1.82) is 0 Å². The Morgan fingerprint density at radius 1 is 1.50 bits per heavy atom. The second-order valence-corrected chi connectivity index (χ2v) is 5.07. The first kappa shape index (κ1) is 15.0. The van der Waals surface area contributed by atoms with Crippen LogP contribution in [0.25, 0.3) is 0 Å². The fourth-order valence-electron chi connectivity index (χ4n) is 1.21. The number of halogens is 2. The van der Waals surface area contributed by atoms with Crippen LogP contribution in [0, 0.1) is 3.57 Å². The number of ether oxygens (including phenoxy) is 1. The highest BCUT2D eigenvalue weighted by Crippen LogP contribution is 2.28. The number of hydrogen-bond acceptors (Lipinski definition) is 3. The molecule has 0 bridgehead atoms. The Morgan fingerprint density at radius 2 is 2.11 bits per heavy atom. The molecular weight excluding hydrogens is 372 g/mol. The maximum atomic E-state index is 11.9. The molecule has 0 aliphatic carbocycles. The van der Waals surface area contributed by atoms with E-state index < -0.39 is 17.9 Å². The van der Waals surface area contributed by atoms with Crippen molar-refractivity contribution in [3.63, 3.8) is 0 Å². The predicted octanol–water partition coefficient (Wildman–Crippen LogP) is 2.16. The number of benzene rings is 1. The van der Waals surface area contributed by atoms with Gasteiger partial charge in [-0.2, -0.15) is 0 Å². The highest BCUT2D eigenvalue weighted by atomic mass is 127. The molecule has 0 unspecified atom stereocenters. The quantitative estimate of drug-likeness (QED) is 0.781. The molecule has 98 valence electrons. The summed E-state index contributed by atoms with van der Waals surface area (Å²) < 4.78 is 5.82. The molecule has 1 amide bonds. The lowest BCUT2D eigenvalue weighted by Gasteiger charge is -2.13. The van der Waals surface area contributed by atoms with Crippen molar-refractivity contribution in [2.75, 3.05) is 7.11 Å². The van der Waals surface area contributed by atoms with Crippen LogP contribution in [-0.2, 0) is 4.79 Å². The standard InChI is InChI=1S/C11H11ClINO4/c1-5(11(16)17)14-10(15)6-3-7(12)8(13)4-9(6)18-2/h3-5H,1-2H3,(H,14,15)(H,16,17)/t5-/m1/s1. The fraction of sp³-hybridized carbons (Fsp3) is 0.273. The number of rotatable bonds is 4. The summed E-state index contributed by atoms with van der Waals surface area (Å²) >= 11 is 7.94. The van der Waals surface area contributed by atoms with Crippen LogP contribution < -0.4 is 10.1 Å². The number of carbonyl (C=O) groups excluding carboxylic acids is 1. The molecule has 0 spiro atoms. The summed E-state index contributed by atoms with van der Waals surface area (Å²) in [6.07, 6.45) is 0. The molecule has 1 aromatic rings. The van der Waals surface area contributed by atoms with E-state index in [-0.39, 0.29) is 5.56 Å². The number of carboxylic acid groups (broad SMARTS) is 1. The molecule has 0 saturated heterocycles. The van der Waals surface area contributed by atoms with Gasteiger partial charge in [-0.15, -0.1) is 0 Å². The van der Waals surface area contributed by atoms with Gasteiger partial charge in [0, 0.05) is 3.57 Å². The Labute approximate surface area is 123 Å². The van der Waals surface area contributed by atoms with Crippen molar-refractivity contribution in [3.8, 4) is 5.75 Å². The summed E-state index contributed by atoms with van der Waals surface area (Å²) in [6.45, 7) is 1.38. The third-order valence-electron chi connectivity index (χ3n) is 2.21. The van der Waals surface area contributed by atoms with Crippen LogP contribution in [0.15, 0.2) is 12.1 Å². The lowest BCUT2D eigenvalue weighted by molar-refractivity contribution is -0.138. The molecule has 1 aromatic carbocycles. The van der Waals surface area contributed by atoms with Gasteiger partial charge in [-0.3, -0.25) is 9.59 Å². The molecule has 0 radical (unpaired) electrons. The first-order valence-electron chi connectivity index (χ1n) is 4.93. The van der Waals surface area contributed by atoms with Gasteiger partial charge in [-0.05, 0) is 41.6 Å². The normalized spacial score (nSPS) is 11.8. The van der Waals surface area contributed by atoms with Gasteiger partial charge < -0.3 is 15.2 Å². The fourth-order valence-corrected chi connectivity index (χ4v) is 1.81. The summed E-state index contributed by atoms with van der Waals surface area (Å²) in [7, 11) is 1.43. The van der Waals surface area contributed by atoms with Crippen molar-refractivity contribution in [1.82, 2.24) is 5.32 Å². The molecule has 0 aliphatic heterocycles. The monoisotopic (exact) mass is 383 g/mol. The minimum absolute atomic E-state index is 0.205. The smallest absolute Gasteiger partial charge is 0.325 e. The molecule has 2 N–H and O–H groups in total. The van der Waals surface area contributed by atoms with E-state index in [2.05, 4.69) is 5.32 Å². The molecule has 5 nitrogen and oxygen atoms in total.